The van der Waals surface area contributed by atoms with Gasteiger partial charge in [-0.25, -0.2) is 0 Å². The van der Waals surface area contributed by atoms with Crippen LogP contribution in [0, 0.1) is 5.92 Å². The van der Waals surface area contributed by atoms with Crippen molar-refractivity contribution in [1.82, 2.24) is 5.32 Å². The predicted molar refractivity (Wildman–Crippen MR) is 188 cm³/mol. The van der Waals surface area contributed by atoms with E-state index in [0.717, 1.165) is 38.5 Å². The zero-order valence-electron chi connectivity index (χ0n) is 30.1. The molecule has 1 saturated heterocycles. The molecule has 9 heteroatoms. The lowest BCUT2D eigenvalue weighted by Crippen LogP contribution is -2.73. The summed E-state index contributed by atoms with van der Waals surface area (Å²) in [6.07, 6.45) is 22.9. The molecular weight excluding hydrogens is 598 g/mol. The Kier molecular flexibility index (Phi) is 25.9. The SMILES string of the molecule is CCCCCCCCCCCCCCCC(=O)C(CCCCCCCCCCCCCC)C(=O)N[C@]1(O)[C@@H](O)O[C@H](CO)[C@@H](O)[C@@H]1O. The van der Waals surface area contributed by atoms with Gasteiger partial charge in [-0.1, -0.05) is 168 Å². The molecule has 47 heavy (non-hydrogen) atoms. The normalized spacial score (nSPS) is 23.6. The van der Waals surface area contributed by atoms with Gasteiger partial charge in [0.15, 0.2) is 0 Å². The molecule has 0 saturated carbocycles. The number of carbonyl (C=O) groups is 2. The number of hydrogen-bond donors (Lipinski definition) is 6. The lowest BCUT2D eigenvalue weighted by atomic mass is 9.89. The van der Waals surface area contributed by atoms with Crippen LogP contribution in [0.2, 0.25) is 0 Å². The van der Waals surface area contributed by atoms with Crippen LogP contribution < -0.4 is 5.32 Å². The van der Waals surface area contributed by atoms with Crippen molar-refractivity contribution in [2.24, 2.45) is 5.92 Å². The monoisotopic (exact) mass is 672 g/mol. The molecule has 278 valence electrons. The van der Waals surface area contributed by atoms with Crippen molar-refractivity contribution in [3.05, 3.63) is 0 Å². The average molecular weight is 672 g/mol. The second-order valence-corrected chi connectivity index (χ2v) is 14.1. The number of hydrogen-bond acceptors (Lipinski definition) is 8. The van der Waals surface area contributed by atoms with Gasteiger partial charge < -0.3 is 35.6 Å². The van der Waals surface area contributed by atoms with Gasteiger partial charge in [-0.05, 0) is 12.8 Å². The summed E-state index contributed by atoms with van der Waals surface area (Å²) in [5.41, 5.74) is -2.72. The van der Waals surface area contributed by atoms with Gasteiger partial charge in [0.1, 0.15) is 24.1 Å². The number of nitrogens with one attached hydrogen (secondary N) is 1. The highest BCUT2D eigenvalue weighted by Gasteiger charge is 2.56. The molecule has 1 fully saturated rings. The molecule has 1 rings (SSSR count). The number of carbonyl (C=O) groups excluding carboxylic acids is 2. The van der Waals surface area contributed by atoms with E-state index in [4.69, 9.17) is 4.74 Å². The third kappa shape index (κ3) is 18.5. The van der Waals surface area contributed by atoms with E-state index in [1.807, 2.05) is 0 Å². The molecule has 6 N–H and O–H groups in total. The van der Waals surface area contributed by atoms with Gasteiger partial charge in [0.25, 0.3) is 0 Å². The van der Waals surface area contributed by atoms with Gasteiger partial charge in [0, 0.05) is 6.42 Å². The molecule has 1 aliphatic rings. The molecule has 0 bridgehead atoms. The molecule has 0 spiro atoms. The first-order valence-electron chi connectivity index (χ1n) is 19.6. The molecule has 0 aliphatic carbocycles. The van der Waals surface area contributed by atoms with Gasteiger partial charge in [-0.3, -0.25) is 9.59 Å². The molecule has 0 aromatic rings. The van der Waals surface area contributed by atoms with Crippen molar-refractivity contribution in [2.45, 2.75) is 218 Å². The van der Waals surface area contributed by atoms with E-state index in [1.54, 1.807) is 0 Å². The Bertz CT molecular complexity index is 783. The highest BCUT2D eigenvalue weighted by Crippen LogP contribution is 2.28. The predicted octanol–water partition coefficient (Wildman–Crippen LogP) is 6.98. The smallest absolute Gasteiger partial charge is 0.232 e. The van der Waals surface area contributed by atoms with Crippen molar-refractivity contribution in [3.63, 3.8) is 0 Å². The maximum Gasteiger partial charge on any atom is 0.232 e. The van der Waals surface area contributed by atoms with Gasteiger partial charge >= 0.3 is 0 Å². The lowest BCUT2D eigenvalue weighted by Gasteiger charge is -2.46. The van der Waals surface area contributed by atoms with E-state index < -0.39 is 48.8 Å². The Balaban J connectivity index is 2.51. The number of ether oxygens (including phenoxy) is 1. The lowest BCUT2D eigenvalue weighted by molar-refractivity contribution is -0.336. The third-order valence-corrected chi connectivity index (χ3v) is 9.92. The molecule has 6 atom stereocenters. The molecular formula is C38H73NO8. The highest BCUT2D eigenvalue weighted by atomic mass is 16.6. The molecule has 1 heterocycles. The van der Waals surface area contributed by atoms with Crippen molar-refractivity contribution in [1.29, 1.82) is 0 Å². The number of rotatable bonds is 31. The van der Waals surface area contributed by atoms with Crippen LogP contribution in [0.5, 0.6) is 0 Å². The maximum atomic E-state index is 13.4. The Morgan fingerprint density at radius 3 is 1.43 bits per heavy atom. The van der Waals surface area contributed by atoms with Crippen LogP contribution in [0.25, 0.3) is 0 Å². The Morgan fingerprint density at radius 2 is 1.02 bits per heavy atom. The fraction of sp³-hybridized carbons (Fsp3) is 0.947. The Morgan fingerprint density at radius 1 is 0.638 bits per heavy atom. The van der Waals surface area contributed by atoms with Gasteiger partial charge in [-0.2, -0.15) is 0 Å². The minimum Gasteiger partial charge on any atom is -0.394 e. The summed E-state index contributed by atoms with van der Waals surface area (Å²) in [6, 6.07) is 0. The fourth-order valence-electron chi connectivity index (χ4n) is 6.65. The first-order valence-corrected chi connectivity index (χ1v) is 19.6. The molecule has 1 aliphatic heterocycles. The van der Waals surface area contributed by atoms with Crippen molar-refractivity contribution >= 4 is 11.7 Å². The number of ketones is 1. The Labute approximate surface area is 286 Å². The summed E-state index contributed by atoms with van der Waals surface area (Å²) >= 11 is 0. The number of Topliss-reactive ketones (excluding diaryl/α,β-unsaturated/α-hetero) is 1. The summed E-state index contributed by atoms with van der Waals surface area (Å²) in [7, 11) is 0. The van der Waals surface area contributed by atoms with Crippen molar-refractivity contribution in [3.8, 4) is 0 Å². The summed E-state index contributed by atoms with van der Waals surface area (Å²) in [6.45, 7) is 3.77. The van der Waals surface area contributed by atoms with Gasteiger partial charge in [-0.15, -0.1) is 0 Å². The summed E-state index contributed by atoms with van der Waals surface area (Å²) < 4.78 is 5.05. The zero-order valence-corrected chi connectivity index (χ0v) is 30.1. The van der Waals surface area contributed by atoms with Gasteiger partial charge in [0.2, 0.25) is 17.9 Å². The third-order valence-electron chi connectivity index (χ3n) is 9.92. The van der Waals surface area contributed by atoms with E-state index in [-0.39, 0.29) is 12.2 Å². The number of amides is 1. The molecule has 1 amide bonds. The minimum atomic E-state index is -2.72. The molecule has 1 unspecified atom stereocenters. The standard InChI is InChI=1S/C38H73NO8/c1-3-5-7-9-11-13-15-17-19-21-23-25-27-29-32(41)31(28-26-24-22-20-18-16-14-12-10-8-6-4-2)36(44)39-38(46)35(43)34(42)33(30-40)47-37(38)45/h31,33-35,37,40,42-43,45-46H,3-30H2,1-2H3,(H,39,44)/t31?,33-,34-,35+,37+,38-/m1/s1. The number of unbranched alkanes of at least 4 members (excludes halogenated alkanes) is 23. The number of aliphatic hydroxyl groups is 5. The van der Waals surface area contributed by atoms with E-state index in [0.29, 0.717) is 19.3 Å². The van der Waals surface area contributed by atoms with E-state index in [2.05, 4.69) is 19.2 Å². The molecule has 0 radical (unpaired) electrons. The van der Waals surface area contributed by atoms with Crippen LogP contribution in [-0.4, -0.2) is 74.2 Å². The second-order valence-electron chi connectivity index (χ2n) is 14.1. The van der Waals surface area contributed by atoms with Crippen LogP contribution in [-0.2, 0) is 14.3 Å². The largest absolute Gasteiger partial charge is 0.394 e. The minimum absolute atomic E-state index is 0.216. The van der Waals surface area contributed by atoms with Crippen LogP contribution in [0.1, 0.15) is 187 Å². The van der Waals surface area contributed by atoms with Crippen LogP contribution in [0.3, 0.4) is 0 Å². The maximum absolute atomic E-state index is 13.4. The second kappa shape index (κ2) is 27.7. The molecule has 9 nitrogen and oxygen atoms in total. The van der Waals surface area contributed by atoms with Crippen LogP contribution in [0.4, 0.5) is 0 Å². The summed E-state index contributed by atoms with van der Waals surface area (Å²) in [5, 5.41) is 53.6. The first kappa shape index (κ1) is 43.9. The first-order chi connectivity index (χ1) is 22.7. The Hall–Kier alpha value is -1.10. The number of aliphatic hydroxyl groups excluding tert-OH is 4. The van der Waals surface area contributed by atoms with Gasteiger partial charge in [0.05, 0.1) is 12.5 Å². The van der Waals surface area contributed by atoms with Crippen molar-refractivity contribution in [2.75, 3.05) is 6.61 Å². The van der Waals surface area contributed by atoms with Crippen LogP contribution >= 0.6 is 0 Å². The highest BCUT2D eigenvalue weighted by molar-refractivity contribution is 6.01. The van der Waals surface area contributed by atoms with Crippen molar-refractivity contribution < 1.29 is 39.9 Å². The molecule has 0 aromatic heterocycles. The topological polar surface area (TPSA) is 157 Å². The fourth-order valence-corrected chi connectivity index (χ4v) is 6.65. The summed E-state index contributed by atoms with van der Waals surface area (Å²) in [4.78, 5) is 26.7. The summed E-state index contributed by atoms with van der Waals surface area (Å²) in [5.74, 6) is -2.05. The van der Waals surface area contributed by atoms with E-state index >= 15 is 0 Å². The van der Waals surface area contributed by atoms with Crippen LogP contribution in [0.15, 0.2) is 0 Å². The quantitative estimate of drug-likeness (QED) is 0.0262. The zero-order chi connectivity index (χ0) is 34.8. The molecule has 0 aromatic carbocycles. The average Bonchev–Trinajstić information content (AvgIpc) is 3.06. The van der Waals surface area contributed by atoms with E-state index in [9.17, 15) is 35.1 Å². The van der Waals surface area contributed by atoms with E-state index in [1.165, 1.54) is 109 Å².